The molecular weight excluding hydrogens is 272 g/mol. The van der Waals surface area contributed by atoms with Crippen LogP contribution in [-0.2, 0) is 4.79 Å². The van der Waals surface area contributed by atoms with Gasteiger partial charge < -0.3 is 9.47 Å². The van der Waals surface area contributed by atoms with Gasteiger partial charge in [-0.15, -0.1) is 0 Å². The standard InChI is InChI=1S/C12H11BrO3/c1-8(7-14)4-9-5-10(13)12-11(6-9)15-2-3-16-12/h4-7H,2-3H2,1H3. The summed E-state index contributed by atoms with van der Waals surface area (Å²) in [5, 5.41) is 0. The molecule has 0 bridgehead atoms. The summed E-state index contributed by atoms with van der Waals surface area (Å²) in [6.07, 6.45) is 2.63. The number of allylic oxidation sites excluding steroid dienone is 1. The number of aldehydes is 1. The lowest BCUT2D eigenvalue weighted by Crippen LogP contribution is -2.15. The van der Waals surface area contributed by atoms with Crippen molar-refractivity contribution in [3.63, 3.8) is 0 Å². The van der Waals surface area contributed by atoms with Crippen molar-refractivity contribution >= 4 is 28.3 Å². The van der Waals surface area contributed by atoms with Crippen LogP contribution >= 0.6 is 15.9 Å². The quantitative estimate of drug-likeness (QED) is 0.618. The molecule has 0 saturated heterocycles. The number of rotatable bonds is 2. The summed E-state index contributed by atoms with van der Waals surface area (Å²) in [5.74, 6) is 1.44. The van der Waals surface area contributed by atoms with Gasteiger partial charge >= 0.3 is 0 Å². The Hall–Kier alpha value is -1.29. The molecular formula is C12H11BrO3. The SMILES string of the molecule is CC(C=O)=Cc1cc(Br)c2c(c1)OCCO2. The van der Waals surface area contributed by atoms with Crippen molar-refractivity contribution in [3.05, 3.63) is 27.7 Å². The van der Waals surface area contributed by atoms with Crippen LogP contribution in [0.3, 0.4) is 0 Å². The molecule has 4 heteroatoms. The largest absolute Gasteiger partial charge is 0.486 e. The van der Waals surface area contributed by atoms with Crippen LogP contribution in [-0.4, -0.2) is 19.5 Å². The van der Waals surface area contributed by atoms with Crippen LogP contribution in [0.1, 0.15) is 12.5 Å². The number of carbonyl (C=O) groups is 1. The Balaban J connectivity index is 2.43. The van der Waals surface area contributed by atoms with Crippen molar-refractivity contribution in [3.8, 4) is 11.5 Å². The lowest BCUT2D eigenvalue weighted by atomic mass is 10.1. The van der Waals surface area contributed by atoms with E-state index >= 15 is 0 Å². The molecule has 1 aliphatic rings. The van der Waals surface area contributed by atoms with Gasteiger partial charge in [0.2, 0.25) is 0 Å². The molecule has 1 aromatic rings. The minimum atomic E-state index is 0.555. The number of ether oxygens (including phenoxy) is 2. The highest BCUT2D eigenvalue weighted by Gasteiger charge is 2.15. The van der Waals surface area contributed by atoms with Gasteiger partial charge in [-0.3, -0.25) is 4.79 Å². The molecule has 0 N–H and O–H groups in total. The van der Waals surface area contributed by atoms with Crippen molar-refractivity contribution in [2.45, 2.75) is 6.92 Å². The fourth-order valence-corrected chi connectivity index (χ4v) is 2.09. The van der Waals surface area contributed by atoms with E-state index in [1.807, 2.05) is 12.1 Å². The first kappa shape index (κ1) is 11.2. The summed E-state index contributed by atoms with van der Waals surface area (Å²) < 4.78 is 11.8. The van der Waals surface area contributed by atoms with Gasteiger partial charge in [-0.1, -0.05) is 0 Å². The topological polar surface area (TPSA) is 35.5 Å². The van der Waals surface area contributed by atoms with Crippen molar-refractivity contribution in [1.29, 1.82) is 0 Å². The lowest BCUT2D eigenvalue weighted by molar-refractivity contribution is -0.104. The highest BCUT2D eigenvalue weighted by Crippen LogP contribution is 2.38. The van der Waals surface area contributed by atoms with Crippen LogP contribution in [0.25, 0.3) is 6.08 Å². The van der Waals surface area contributed by atoms with E-state index in [1.54, 1.807) is 13.0 Å². The minimum Gasteiger partial charge on any atom is -0.486 e. The van der Waals surface area contributed by atoms with Crippen molar-refractivity contribution in [1.82, 2.24) is 0 Å². The maximum absolute atomic E-state index is 10.5. The Bertz CT molecular complexity index is 452. The van der Waals surface area contributed by atoms with E-state index in [1.165, 1.54) is 0 Å². The van der Waals surface area contributed by atoms with E-state index in [4.69, 9.17) is 9.47 Å². The zero-order valence-electron chi connectivity index (χ0n) is 8.83. The van der Waals surface area contributed by atoms with E-state index < -0.39 is 0 Å². The van der Waals surface area contributed by atoms with Gasteiger partial charge in [0.05, 0.1) is 4.47 Å². The van der Waals surface area contributed by atoms with Gasteiger partial charge in [0.25, 0.3) is 0 Å². The molecule has 0 atom stereocenters. The van der Waals surface area contributed by atoms with Crippen LogP contribution in [0.5, 0.6) is 11.5 Å². The van der Waals surface area contributed by atoms with Crippen LogP contribution < -0.4 is 9.47 Å². The summed E-state index contributed by atoms with van der Waals surface area (Å²) in [5.41, 5.74) is 1.59. The second-order valence-electron chi connectivity index (χ2n) is 3.53. The van der Waals surface area contributed by atoms with Crippen molar-refractivity contribution < 1.29 is 14.3 Å². The normalized spacial score (nSPS) is 14.8. The molecule has 0 fully saturated rings. The molecule has 0 saturated carbocycles. The average molecular weight is 283 g/mol. The van der Waals surface area contributed by atoms with Gasteiger partial charge in [0.1, 0.15) is 19.5 Å². The third-order valence-electron chi connectivity index (χ3n) is 2.20. The first-order valence-electron chi connectivity index (χ1n) is 4.93. The zero-order valence-corrected chi connectivity index (χ0v) is 10.4. The second kappa shape index (κ2) is 4.70. The molecule has 0 radical (unpaired) electrons. The predicted octanol–water partition coefficient (Wildman–Crippen LogP) is 2.82. The van der Waals surface area contributed by atoms with Crippen LogP contribution in [0, 0.1) is 0 Å². The summed E-state index contributed by atoms with van der Waals surface area (Å²) >= 11 is 3.42. The minimum absolute atomic E-state index is 0.555. The van der Waals surface area contributed by atoms with Crippen LogP contribution in [0.2, 0.25) is 0 Å². The monoisotopic (exact) mass is 282 g/mol. The van der Waals surface area contributed by atoms with E-state index in [2.05, 4.69) is 15.9 Å². The number of carbonyl (C=O) groups excluding carboxylic acids is 1. The fraction of sp³-hybridized carbons (Fsp3) is 0.250. The average Bonchev–Trinajstić information content (AvgIpc) is 2.29. The van der Waals surface area contributed by atoms with Crippen molar-refractivity contribution in [2.24, 2.45) is 0 Å². The number of fused-ring (bicyclic) bond motifs is 1. The maximum Gasteiger partial charge on any atom is 0.175 e. The molecule has 0 aromatic heterocycles. The first-order chi connectivity index (χ1) is 7.70. The van der Waals surface area contributed by atoms with Crippen molar-refractivity contribution in [2.75, 3.05) is 13.2 Å². The van der Waals surface area contributed by atoms with Crippen LogP contribution in [0.4, 0.5) is 0 Å². The van der Waals surface area contributed by atoms with Gasteiger partial charge in [-0.2, -0.15) is 0 Å². The van der Waals surface area contributed by atoms with Gasteiger partial charge in [-0.05, 0) is 52.2 Å². The molecule has 1 aliphatic heterocycles. The maximum atomic E-state index is 10.5. The number of halogens is 1. The Morgan fingerprint density at radius 1 is 1.38 bits per heavy atom. The summed E-state index contributed by atoms with van der Waals surface area (Å²) in [6, 6.07) is 3.77. The van der Waals surface area contributed by atoms with E-state index in [0.717, 1.165) is 22.1 Å². The Labute approximate surface area is 102 Å². The third kappa shape index (κ3) is 2.27. The fourth-order valence-electron chi connectivity index (χ4n) is 1.51. The van der Waals surface area contributed by atoms with E-state index in [-0.39, 0.29) is 0 Å². The Kier molecular flexibility index (Phi) is 3.29. The van der Waals surface area contributed by atoms with Gasteiger partial charge in [0, 0.05) is 0 Å². The molecule has 0 amide bonds. The summed E-state index contributed by atoms with van der Waals surface area (Å²) in [6.45, 7) is 2.88. The first-order valence-corrected chi connectivity index (χ1v) is 5.72. The summed E-state index contributed by atoms with van der Waals surface area (Å²) in [4.78, 5) is 10.5. The molecule has 3 nitrogen and oxygen atoms in total. The molecule has 0 spiro atoms. The molecule has 1 heterocycles. The van der Waals surface area contributed by atoms with E-state index in [9.17, 15) is 4.79 Å². The molecule has 1 aromatic carbocycles. The predicted molar refractivity (Wildman–Crippen MR) is 64.8 cm³/mol. The van der Waals surface area contributed by atoms with Crippen LogP contribution in [0.15, 0.2) is 22.2 Å². The second-order valence-corrected chi connectivity index (χ2v) is 4.39. The third-order valence-corrected chi connectivity index (χ3v) is 2.79. The lowest BCUT2D eigenvalue weighted by Gasteiger charge is -2.19. The molecule has 0 unspecified atom stereocenters. The van der Waals surface area contributed by atoms with E-state index in [0.29, 0.717) is 24.5 Å². The smallest absolute Gasteiger partial charge is 0.175 e. The number of hydrogen-bond donors (Lipinski definition) is 0. The summed E-state index contributed by atoms with van der Waals surface area (Å²) in [7, 11) is 0. The zero-order chi connectivity index (χ0) is 11.5. The highest BCUT2D eigenvalue weighted by atomic mass is 79.9. The molecule has 84 valence electrons. The number of hydrogen-bond acceptors (Lipinski definition) is 3. The molecule has 16 heavy (non-hydrogen) atoms. The van der Waals surface area contributed by atoms with Gasteiger partial charge in [0.15, 0.2) is 11.5 Å². The highest BCUT2D eigenvalue weighted by molar-refractivity contribution is 9.10. The molecule has 0 aliphatic carbocycles. The number of benzene rings is 1. The Morgan fingerprint density at radius 3 is 2.88 bits per heavy atom. The Morgan fingerprint density at radius 2 is 2.12 bits per heavy atom. The molecule has 2 rings (SSSR count). The van der Waals surface area contributed by atoms with Gasteiger partial charge in [-0.25, -0.2) is 0 Å².